The molecule has 0 bridgehead atoms. The van der Waals surface area contributed by atoms with Gasteiger partial charge in [0.25, 0.3) is 5.69 Å². The molecule has 0 amide bonds. The van der Waals surface area contributed by atoms with Crippen molar-refractivity contribution in [3.8, 4) is 0 Å². The van der Waals surface area contributed by atoms with E-state index in [4.69, 9.17) is 0 Å². The summed E-state index contributed by atoms with van der Waals surface area (Å²) in [6.07, 6.45) is 0. The number of rotatable bonds is 2. The zero-order valence-electron chi connectivity index (χ0n) is 7.71. The number of para-hydroxylation sites is 1. The fourth-order valence-electron chi connectivity index (χ4n) is 0.819. The van der Waals surface area contributed by atoms with E-state index in [0.717, 1.165) is 12.1 Å². The van der Waals surface area contributed by atoms with Gasteiger partial charge in [-0.05, 0) is 6.07 Å². The minimum atomic E-state index is -4.77. The molecule has 1 aromatic rings. The Kier molecular flexibility index (Phi) is 6.94. The van der Waals surface area contributed by atoms with E-state index in [1.54, 1.807) is 0 Å². The van der Waals surface area contributed by atoms with Crippen LogP contribution in [-0.4, -0.2) is 23.4 Å². The minimum absolute atomic E-state index is 0. The van der Waals surface area contributed by atoms with E-state index in [1.165, 1.54) is 12.1 Å². The van der Waals surface area contributed by atoms with E-state index in [1.807, 2.05) is 0 Å². The quantitative estimate of drug-likeness (QED) is 0.232. The molecule has 2 N–H and O–H groups in total. The van der Waals surface area contributed by atoms with E-state index in [2.05, 4.69) is 0 Å². The van der Waals surface area contributed by atoms with Gasteiger partial charge in [0, 0.05) is 6.07 Å². The van der Waals surface area contributed by atoms with Crippen molar-refractivity contribution in [2.24, 2.45) is 0 Å². The molecule has 0 aliphatic carbocycles. The average Bonchev–Trinajstić information content (AvgIpc) is 2.03. The molecule has 7 nitrogen and oxygen atoms in total. The van der Waals surface area contributed by atoms with Gasteiger partial charge in [-0.1, -0.05) is 12.1 Å². The van der Waals surface area contributed by atoms with Gasteiger partial charge in [0.1, 0.15) is 15.0 Å². The van der Waals surface area contributed by atoms with Crippen LogP contribution in [0.1, 0.15) is 0 Å². The first kappa shape index (κ1) is 16.9. The molecule has 9 heteroatoms. The van der Waals surface area contributed by atoms with Gasteiger partial charge >= 0.3 is 29.6 Å². The molecule has 0 radical (unpaired) electrons. The molecule has 0 saturated carbocycles. The third-order valence-corrected chi connectivity index (χ3v) is 2.22. The van der Waals surface area contributed by atoms with Gasteiger partial charge < -0.3 is 10.0 Å². The first-order valence-electron chi connectivity index (χ1n) is 3.12. The molecule has 0 unspecified atom stereocenters. The summed E-state index contributed by atoms with van der Waals surface area (Å²) in [6.45, 7) is 0. The Morgan fingerprint density at radius 1 is 1.20 bits per heavy atom. The van der Waals surface area contributed by atoms with Crippen molar-refractivity contribution in [1.29, 1.82) is 0 Å². The third kappa shape index (κ3) is 4.24. The van der Waals surface area contributed by atoms with E-state index in [-0.39, 0.29) is 35.0 Å². The zero-order valence-corrected chi connectivity index (χ0v) is 10.5. The van der Waals surface area contributed by atoms with Crippen LogP contribution in [0, 0.1) is 10.1 Å². The van der Waals surface area contributed by atoms with Crippen LogP contribution in [0.3, 0.4) is 0 Å². The van der Waals surface area contributed by atoms with Gasteiger partial charge in [0.2, 0.25) is 0 Å². The van der Waals surface area contributed by atoms with Crippen molar-refractivity contribution in [3.63, 3.8) is 0 Å². The van der Waals surface area contributed by atoms with Crippen molar-refractivity contribution in [3.05, 3.63) is 34.4 Å². The Hall–Kier alpha value is -0.510. The fourth-order valence-corrected chi connectivity index (χ4v) is 1.46. The molecule has 0 heterocycles. The van der Waals surface area contributed by atoms with E-state index < -0.39 is 25.6 Å². The topological polar surface area (TPSA) is 132 Å². The van der Waals surface area contributed by atoms with Crippen LogP contribution in [0.15, 0.2) is 29.2 Å². The summed E-state index contributed by atoms with van der Waals surface area (Å²) in [6, 6.07) is 4.40. The van der Waals surface area contributed by atoms with Crippen molar-refractivity contribution in [2.45, 2.75) is 4.90 Å². The maximum Gasteiger partial charge on any atom is 1.00 e. The fraction of sp³-hybridized carbons (Fsp3) is 0. The van der Waals surface area contributed by atoms with Crippen molar-refractivity contribution in [1.82, 2.24) is 0 Å². The molecule has 1 aromatic carbocycles. The predicted octanol–water partition coefficient (Wildman–Crippen LogP) is -3.32. The third-order valence-electron chi connectivity index (χ3n) is 1.33. The van der Waals surface area contributed by atoms with Crippen LogP contribution in [0.4, 0.5) is 5.69 Å². The second kappa shape index (κ2) is 6.16. The molecule has 0 spiro atoms. The minimum Gasteiger partial charge on any atom is -0.744 e. The summed E-state index contributed by atoms with van der Waals surface area (Å²) in [4.78, 5) is 8.55. The monoisotopic (exact) mass is 243 g/mol. The van der Waals surface area contributed by atoms with Gasteiger partial charge in [-0.2, -0.15) is 0 Å². The van der Waals surface area contributed by atoms with Crippen LogP contribution in [0.25, 0.3) is 0 Å². The van der Waals surface area contributed by atoms with Crippen molar-refractivity contribution in [2.75, 3.05) is 0 Å². The van der Waals surface area contributed by atoms with Crippen LogP contribution in [-0.2, 0) is 10.1 Å². The van der Waals surface area contributed by atoms with Crippen LogP contribution in [0.5, 0.6) is 0 Å². The SMILES string of the molecule is O.O=[N+]([O-])c1ccccc1S(=O)(=O)[O-].[Na+]. The van der Waals surface area contributed by atoms with Gasteiger partial charge in [-0.3, -0.25) is 10.1 Å². The Morgan fingerprint density at radius 3 is 2.00 bits per heavy atom. The maximum atomic E-state index is 10.5. The summed E-state index contributed by atoms with van der Waals surface area (Å²) >= 11 is 0. The van der Waals surface area contributed by atoms with Crippen molar-refractivity contribution < 1.29 is 52.9 Å². The van der Waals surface area contributed by atoms with Gasteiger partial charge in [-0.15, -0.1) is 0 Å². The maximum absolute atomic E-state index is 10.5. The van der Waals surface area contributed by atoms with E-state index >= 15 is 0 Å². The molecule has 0 aromatic heterocycles. The van der Waals surface area contributed by atoms with Crippen LogP contribution in [0.2, 0.25) is 0 Å². The number of benzene rings is 1. The molecule has 0 aliphatic heterocycles. The van der Waals surface area contributed by atoms with Crippen molar-refractivity contribution >= 4 is 15.8 Å². The van der Waals surface area contributed by atoms with Crippen LogP contribution < -0.4 is 29.6 Å². The number of hydrogen-bond donors (Lipinski definition) is 0. The normalized spacial score (nSPS) is 9.67. The van der Waals surface area contributed by atoms with Crippen LogP contribution >= 0.6 is 0 Å². The molecular weight excluding hydrogens is 237 g/mol. The second-order valence-corrected chi connectivity index (χ2v) is 3.53. The number of nitrogens with zero attached hydrogens (tertiary/aromatic N) is 1. The summed E-state index contributed by atoms with van der Waals surface area (Å²) in [5.74, 6) is 0. The standard InChI is InChI=1S/C6H5NO5S.Na.H2O/c8-7(9)5-3-1-2-4-6(5)13(10,11)12;;/h1-4H,(H,10,11,12);;1H2/q;+1;/p-1. The Morgan fingerprint density at radius 2 is 1.67 bits per heavy atom. The molecular formula is C6H6NNaO6S. The molecule has 0 atom stereocenters. The molecule has 0 saturated heterocycles. The summed E-state index contributed by atoms with van der Waals surface area (Å²) in [5.41, 5.74) is -0.697. The molecule has 1 rings (SSSR count). The predicted molar refractivity (Wildman–Crippen MR) is 44.7 cm³/mol. The van der Waals surface area contributed by atoms with E-state index in [0.29, 0.717) is 0 Å². The number of nitro groups is 1. The first-order valence-corrected chi connectivity index (χ1v) is 4.53. The summed E-state index contributed by atoms with van der Waals surface area (Å²) < 4.78 is 31.5. The van der Waals surface area contributed by atoms with Gasteiger partial charge in [0.05, 0.1) is 4.92 Å². The molecule has 0 aliphatic rings. The van der Waals surface area contributed by atoms with E-state index in [9.17, 15) is 23.1 Å². The molecule has 0 fully saturated rings. The average molecular weight is 243 g/mol. The Bertz CT molecular complexity index is 445. The first-order chi connectivity index (χ1) is 5.93. The number of hydrogen-bond acceptors (Lipinski definition) is 5. The zero-order chi connectivity index (χ0) is 10.1. The van der Waals surface area contributed by atoms with Gasteiger partial charge in [0.15, 0.2) is 0 Å². The van der Waals surface area contributed by atoms with Gasteiger partial charge in [-0.25, -0.2) is 8.42 Å². The largest absolute Gasteiger partial charge is 1.00 e. The summed E-state index contributed by atoms with van der Waals surface area (Å²) in [7, 11) is -4.77. The molecule has 78 valence electrons. The Balaban J connectivity index is 0. The molecule has 15 heavy (non-hydrogen) atoms. The summed E-state index contributed by atoms with van der Waals surface area (Å²) in [5, 5.41) is 10.3. The number of nitro benzene ring substituents is 1. The second-order valence-electron chi connectivity index (χ2n) is 2.18. The smallest absolute Gasteiger partial charge is 0.744 e. The Labute approximate surface area is 108 Å².